The summed E-state index contributed by atoms with van der Waals surface area (Å²) in [6, 6.07) is 4.45. The Labute approximate surface area is 121 Å². The fourth-order valence-electron chi connectivity index (χ4n) is 2.22. The minimum atomic E-state index is -0.805. The summed E-state index contributed by atoms with van der Waals surface area (Å²) in [6.07, 6.45) is 0.491. The summed E-state index contributed by atoms with van der Waals surface area (Å²) >= 11 is 1.32. The lowest BCUT2D eigenvalue weighted by Gasteiger charge is -2.32. The molecule has 1 aromatic carbocycles. The number of thioether (sulfide) groups is 1. The maximum Gasteiger partial charge on any atom is 0.159 e. The standard InChI is InChI=1S/C14H18FN3OS/c1-8(7-19)12-6-14(2,18-13(17)20-12)10-5-9(16)3-4-11(10)15/h3-5,19H,6-7,16H2,1-2H3,(H2,17,18)/b12-8-/t14-/m0/s1. The zero-order chi connectivity index (χ0) is 14.9. The molecular weight excluding hydrogens is 277 g/mol. The van der Waals surface area contributed by atoms with Crippen LogP contribution in [0.1, 0.15) is 25.8 Å². The zero-order valence-electron chi connectivity index (χ0n) is 11.5. The molecule has 1 aliphatic heterocycles. The number of aliphatic hydroxyl groups is 1. The molecule has 1 aliphatic rings. The third-order valence-electron chi connectivity index (χ3n) is 3.37. The van der Waals surface area contributed by atoms with Gasteiger partial charge in [-0.15, -0.1) is 0 Å². The van der Waals surface area contributed by atoms with Crippen molar-refractivity contribution in [1.82, 2.24) is 0 Å². The summed E-state index contributed by atoms with van der Waals surface area (Å²) in [5.41, 5.74) is 12.5. The van der Waals surface area contributed by atoms with Crippen molar-refractivity contribution < 1.29 is 9.50 Å². The van der Waals surface area contributed by atoms with Crippen molar-refractivity contribution in [2.75, 3.05) is 12.3 Å². The van der Waals surface area contributed by atoms with E-state index < -0.39 is 5.54 Å². The van der Waals surface area contributed by atoms with Crippen LogP contribution in [0.3, 0.4) is 0 Å². The van der Waals surface area contributed by atoms with Crippen LogP contribution in [-0.4, -0.2) is 16.9 Å². The Hall–Kier alpha value is -1.53. The number of amidine groups is 1. The predicted octanol–water partition coefficient (Wildman–Crippen LogP) is 2.34. The number of nitrogens with zero attached hydrogens (tertiary/aromatic N) is 1. The number of nitrogens with two attached hydrogens (primary N) is 2. The number of aliphatic imine (C=N–C) groups is 1. The fraction of sp³-hybridized carbons (Fsp3) is 0.357. The summed E-state index contributed by atoms with van der Waals surface area (Å²) in [7, 11) is 0. The van der Waals surface area contributed by atoms with Crippen LogP contribution in [0, 0.1) is 5.82 Å². The number of hydrogen-bond donors (Lipinski definition) is 3. The molecule has 0 saturated heterocycles. The second kappa shape index (κ2) is 5.46. The van der Waals surface area contributed by atoms with E-state index in [2.05, 4.69) is 4.99 Å². The molecule has 1 aromatic rings. The molecule has 4 nitrogen and oxygen atoms in total. The van der Waals surface area contributed by atoms with Crippen LogP contribution in [0.25, 0.3) is 0 Å². The van der Waals surface area contributed by atoms with Gasteiger partial charge in [0.15, 0.2) is 5.17 Å². The highest BCUT2D eigenvalue weighted by molar-refractivity contribution is 8.17. The maximum absolute atomic E-state index is 14.1. The van der Waals surface area contributed by atoms with Gasteiger partial charge in [-0.1, -0.05) is 11.8 Å². The van der Waals surface area contributed by atoms with E-state index in [0.717, 1.165) is 10.5 Å². The first-order chi connectivity index (χ1) is 9.35. The van der Waals surface area contributed by atoms with E-state index in [1.165, 1.54) is 23.9 Å². The summed E-state index contributed by atoms with van der Waals surface area (Å²) in [4.78, 5) is 5.32. The molecule has 20 heavy (non-hydrogen) atoms. The highest BCUT2D eigenvalue weighted by Crippen LogP contribution is 2.43. The number of nitrogen functional groups attached to an aromatic ring is 1. The van der Waals surface area contributed by atoms with Gasteiger partial charge in [-0.2, -0.15) is 0 Å². The molecule has 2 rings (SSSR count). The molecule has 1 heterocycles. The predicted molar refractivity (Wildman–Crippen MR) is 81.8 cm³/mol. The van der Waals surface area contributed by atoms with Crippen molar-refractivity contribution in [3.63, 3.8) is 0 Å². The van der Waals surface area contributed by atoms with Crippen molar-refractivity contribution in [3.8, 4) is 0 Å². The molecule has 0 aromatic heterocycles. The van der Waals surface area contributed by atoms with Crippen molar-refractivity contribution in [2.45, 2.75) is 25.8 Å². The molecule has 5 N–H and O–H groups in total. The van der Waals surface area contributed by atoms with Gasteiger partial charge in [-0.25, -0.2) is 4.39 Å². The lowest BCUT2D eigenvalue weighted by molar-refractivity contribution is 0.329. The molecule has 108 valence electrons. The van der Waals surface area contributed by atoms with Crippen LogP contribution in [0.2, 0.25) is 0 Å². The van der Waals surface area contributed by atoms with Gasteiger partial charge < -0.3 is 16.6 Å². The minimum absolute atomic E-state index is 0.0505. The average molecular weight is 295 g/mol. The second-order valence-corrected chi connectivity index (χ2v) is 6.22. The van der Waals surface area contributed by atoms with Gasteiger partial charge in [0.1, 0.15) is 5.82 Å². The average Bonchev–Trinajstić information content (AvgIpc) is 2.39. The van der Waals surface area contributed by atoms with Gasteiger partial charge >= 0.3 is 0 Å². The monoisotopic (exact) mass is 295 g/mol. The molecule has 0 radical (unpaired) electrons. The van der Waals surface area contributed by atoms with E-state index in [1.807, 2.05) is 13.8 Å². The molecule has 0 saturated carbocycles. The third-order valence-corrected chi connectivity index (χ3v) is 4.41. The van der Waals surface area contributed by atoms with Crippen molar-refractivity contribution in [2.24, 2.45) is 10.7 Å². The molecule has 0 spiro atoms. The normalized spacial score (nSPS) is 25.3. The quantitative estimate of drug-likeness (QED) is 0.731. The Bertz CT molecular complexity index is 600. The lowest BCUT2D eigenvalue weighted by Crippen LogP contribution is -2.29. The number of benzene rings is 1. The third kappa shape index (κ3) is 2.81. The van der Waals surface area contributed by atoms with Crippen LogP contribution in [-0.2, 0) is 5.54 Å². The largest absolute Gasteiger partial charge is 0.399 e. The van der Waals surface area contributed by atoms with Gasteiger partial charge in [0.2, 0.25) is 0 Å². The van der Waals surface area contributed by atoms with Crippen molar-refractivity contribution in [3.05, 3.63) is 40.1 Å². The summed E-state index contributed by atoms with van der Waals surface area (Å²) < 4.78 is 14.1. The topological polar surface area (TPSA) is 84.6 Å². The molecule has 6 heteroatoms. The van der Waals surface area contributed by atoms with Gasteiger partial charge in [0.05, 0.1) is 12.1 Å². The lowest BCUT2D eigenvalue weighted by atomic mass is 9.87. The van der Waals surface area contributed by atoms with Crippen LogP contribution in [0.5, 0.6) is 0 Å². The number of aliphatic hydroxyl groups excluding tert-OH is 1. The second-order valence-electron chi connectivity index (χ2n) is 5.10. The number of anilines is 1. The van der Waals surface area contributed by atoms with E-state index in [9.17, 15) is 9.50 Å². The van der Waals surface area contributed by atoms with E-state index in [-0.39, 0.29) is 12.4 Å². The van der Waals surface area contributed by atoms with Gasteiger partial charge in [0, 0.05) is 17.7 Å². The van der Waals surface area contributed by atoms with Crippen LogP contribution in [0.15, 0.2) is 33.7 Å². The minimum Gasteiger partial charge on any atom is -0.399 e. The van der Waals surface area contributed by atoms with Crippen molar-refractivity contribution >= 4 is 22.6 Å². The number of rotatable bonds is 2. The zero-order valence-corrected chi connectivity index (χ0v) is 12.3. The first kappa shape index (κ1) is 14.9. The molecular formula is C14H18FN3OS. The summed E-state index contributed by atoms with van der Waals surface area (Å²) in [5.74, 6) is -0.355. The molecule has 0 aliphatic carbocycles. The molecule has 0 unspecified atom stereocenters. The van der Waals surface area contributed by atoms with Crippen molar-refractivity contribution in [1.29, 1.82) is 0 Å². The first-order valence-electron chi connectivity index (χ1n) is 6.24. The Morgan fingerprint density at radius 3 is 2.85 bits per heavy atom. The fourth-order valence-corrected chi connectivity index (χ4v) is 3.31. The molecule has 0 bridgehead atoms. The Morgan fingerprint density at radius 2 is 2.20 bits per heavy atom. The molecule has 0 amide bonds. The number of hydrogen-bond acceptors (Lipinski definition) is 5. The maximum atomic E-state index is 14.1. The first-order valence-corrected chi connectivity index (χ1v) is 7.05. The number of halogens is 1. The van der Waals surface area contributed by atoms with Crippen LogP contribution >= 0.6 is 11.8 Å². The van der Waals surface area contributed by atoms with E-state index in [1.54, 1.807) is 6.07 Å². The highest BCUT2D eigenvalue weighted by Gasteiger charge is 2.35. The molecule has 0 fully saturated rings. The van der Waals surface area contributed by atoms with E-state index >= 15 is 0 Å². The Kier molecular flexibility index (Phi) is 4.06. The molecule has 1 atom stereocenters. The van der Waals surface area contributed by atoms with Gasteiger partial charge in [-0.05, 0) is 42.5 Å². The van der Waals surface area contributed by atoms with Crippen LogP contribution < -0.4 is 11.5 Å². The Morgan fingerprint density at radius 1 is 1.50 bits per heavy atom. The van der Waals surface area contributed by atoms with E-state index in [4.69, 9.17) is 11.5 Å². The summed E-state index contributed by atoms with van der Waals surface area (Å²) in [5, 5.41) is 9.63. The van der Waals surface area contributed by atoms with Gasteiger partial charge in [0.25, 0.3) is 0 Å². The smallest absolute Gasteiger partial charge is 0.159 e. The van der Waals surface area contributed by atoms with E-state index in [0.29, 0.717) is 22.8 Å². The Balaban J connectivity index is 2.53. The van der Waals surface area contributed by atoms with Gasteiger partial charge in [-0.3, -0.25) is 4.99 Å². The SMILES string of the molecule is C/C(CO)=C1\C[C@@](C)(c2cc(N)ccc2F)N=C(N)S1. The highest BCUT2D eigenvalue weighted by atomic mass is 32.2. The van der Waals surface area contributed by atoms with Crippen LogP contribution in [0.4, 0.5) is 10.1 Å². The summed E-state index contributed by atoms with van der Waals surface area (Å²) in [6.45, 7) is 3.60.